The lowest BCUT2D eigenvalue weighted by molar-refractivity contribution is 0.0739. The Labute approximate surface area is 106 Å². The largest absolute Gasteiger partial charge is 0.383 e. The monoisotopic (exact) mass is 244 g/mol. The lowest BCUT2D eigenvalue weighted by atomic mass is 10.2. The summed E-state index contributed by atoms with van der Waals surface area (Å²) in [7, 11) is 3.37. The van der Waals surface area contributed by atoms with Gasteiger partial charge in [-0.1, -0.05) is 24.3 Å². The van der Waals surface area contributed by atoms with Gasteiger partial charge in [-0.15, -0.1) is 0 Å². The molecular weight excluding hydrogens is 228 g/mol. The number of carbonyl (C=O) groups excluding carboxylic acids is 1. The first kappa shape index (κ1) is 12.5. The fourth-order valence-corrected chi connectivity index (χ4v) is 1.71. The van der Waals surface area contributed by atoms with Crippen LogP contribution < -0.4 is 0 Å². The molecule has 0 saturated heterocycles. The van der Waals surface area contributed by atoms with Crippen molar-refractivity contribution in [2.45, 2.75) is 0 Å². The van der Waals surface area contributed by atoms with Crippen molar-refractivity contribution in [1.82, 2.24) is 9.88 Å². The summed E-state index contributed by atoms with van der Waals surface area (Å²) in [6.45, 7) is 1.08. The summed E-state index contributed by atoms with van der Waals surface area (Å²) in [6, 6.07) is 11.4. The summed E-state index contributed by atoms with van der Waals surface area (Å²) in [4.78, 5) is 18.1. The number of fused-ring (bicyclic) bond motifs is 1. The number of hydrogen-bond donors (Lipinski definition) is 0. The molecule has 94 valence electrons. The summed E-state index contributed by atoms with van der Waals surface area (Å²) in [5.74, 6) is -0.0854. The summed E-state index contributed by atoms with van der Waals surface area (Å²) in [6.07, 6.45) is 0. The Hall–Kier alpha value is -1.94. The Bertz CT molecular complexity index is 554. The van der Waals surface area contributed by atoms with E-state index in [0.29, 0.717) is 18.8 Å². The van der Waals surface area contributed by atoms with E-state index in [0.717, 1.165) is 10.9 Å². The van der Waals surface area contributed by atoms with Crippen LogP contribution in [-0.4, -0.2) is 43.1 Å². The number of rotatable bonds is 4. The molecule has 0 N–H and O–H groups in total. The first-order valence-corrected chi connectivity index (χ1v) is 5.82. The van der Waals surface area contributed by atoms with Crippen LogP contribution in [0.15, 0.2) is 36.4 Å². The molecule has 0 aliphatic carbocycles. The van der Waals surface area contributed by atoms with Crippen LogP contribution in [0.2, 0.25) is 0 Å². The summed E-state index contributed by atoms with van der Waals surface area (Å²) in [5, 5.41) is 1.04. The third-order valence-electron chi connectivity index (χ3n) is 2.80. The fraction of sp³-hybridized carbons (Fsp3) is 0.286. The molecule has 4 nitrogen and oxygen atoms in total. The van der Waals surface area contributed by atoms with Gasteiger partial charge in [-0.2, -0.15) is 0 Å². The smallest absolute Gasteiger partial charge is 0.272 e. The number of carbonyl (C=O) groups is 1. The van der Waals surface area contributed by atoms with Crippen molar-refractivity contribution < 1.29 is 9.53 Å². The predicted molar refractivity (Wildman–Crippen MR) is 70.6 cm³/mol. The highest BCUT2D eigenvalue weighted by molar-refractivity contribution is 5.94. The minimum absolute atomic E-state index is 0.0854. The summed E-state index contributed by atoms with van der Waals surface area (Å²) < 4.78 is 4.95. The van der Waals surface area contributed by atoms with Crippen LogP contribution in [0.25, 0.3) is 10.9 Å². The average molecular weight is 244 g/mol. The van der Waals surface area contributed by atoms with Crippen molar-refractivity contribution in [1.29, 1.82) is 0 Å². The van der Waals surface area contributed by atoms with E-state index in [2.05, 4.69) is 4.98 Å². The first-order valence-electron chi connectivity index (χ1n) is 5.82. The molecule has 1 heterocycles. The van der Waals surface area contributed by atoms with Gasteiger partial charge in [0.05, 0.1) is 12.1 Å². The molecule has 2 aromatic rings. The zero-order valence-electron chi connectivity index (χ0n) is 10.6. The molecule has 0 fully saturated rings. The number of amides is 1. The van der Waals surface area contributed by atoms with Gasteiger partial charge in [0.1, 0.15) is 5.69 Å². The van der Waals surface area contributed by atoms with Gasteiger partial charge in [0.15, 0.2) is 0 Å². The molecule has 2 rings (SSSR count). The number of methoxy groups -OCH3 is 1. The van der Waals surface area contributed by atoms with Gasteiger partial charge in [0, 0.05) is 26.1 Å². The number of para-hydroxylation sites is 1. The van der Waals surface area contributed by atoms with E-state index < -0.39 is 0 Å². The van der Waals surface area contributed by atoms with Crippen LogP contribution >= 0.6 is 0 Å². The Balaban J connectivity index is 2.22. The minimum atomic E-state index is -0.0854. The molecule has 1 amide bonds. The van der Waals surface area contributed by atoms with Gasteiger partial charge in [0.25, 0.3) is 5.91 Å². The van der Waals surface area contributed by atoms with E-state index in [1.807, 2.05) is 30.3 Å². The van der Waals surface area contributed by atoms with Gasteiger partial charge >= 0.3 is 0 Å². The number of ether oxygens (including phenoxy) is 1. The number of nitrogens with zero attached hydrogens (tertiary/aromatic N) is 2. The van der Waals surface area contributed by atoms with Crippen LogP contribution in [0.4, 0.5) is 0 Å². The molecule has 18 heavy (non-hydrogen) atoms. The molecule has 0 unspecified atom stereocenters. The van der Waals surface area contributed by atoms with Gasteiger partial charge < -0.3 is 9.64 Å². The van der Waals surface area contributed by atoms with Crippen LogP contribution in [0.1, 0.15) is 10.5 Å². The highest BCUT2D eigenvalue weighted by Crippen LogP contribution is 2.12. The normalized spacial score (nSPS) is 10.6. The topological polar surface area (TPSA) is 42.4 Å². The molecule has 0 aliphatic heterocycles. The third kappa shape index (κ3) is 2.65. The lowest BCUT2D eigenvalue weighted by Gasteiger charge is -2.16. The maximum atomic E-state index is 12.1. The number of likely N-dealkylation sites (N-methyl/N-ethyl adjacent to an activating group) is 1. The second kappa shape index (κ2) is 5.60. The molecule has 0 bridgehead atoms. The fourth-order valence-electron chi connectivity index (χ4n) is 1.71. The van der Waals surface area contributed by atoms with Crippen LogP contribution in [-0.2, 0) is 4.74 Å². The second-order valence-electron chi connectivity index (χ2n) is 4.11. The maximum Gasteiger partial charge on any atom is 0.272 e. The number of pyridine rings is 1. The highest BCUT2D eigenvalue weighted by atomic mass is 16.5. The molecular formula is C14H16N2O2. The van der Waals surface area contributed by atoms with Crippen LogP contribution in [0.3, 0.4) is 0 Å². The predicted octanol–water partition coefficient (Wildman–Crippen LogP) is 1.95. The molecule has 0 saturated carbocycles. The first-order chi connectivity index (χ1) is 8.72. The standard InChI is InChI=1S/C14H16N2O2/c1-16(9-10-18-2)14(17)13-8-7-11-5-3-4-6-12(11)15-13/h3-8H,9-10H2,1-2H3. The van der Waals surface area contributed by atoms with Gasteiger partial charge in [-0.05, 0) is 12.1 Å². The van der Waals surface area contributed by atoms with Crippen molar-refractivity contribution in [3.8, 4) is 0 Å². The number of benzene rings is 1. The SMILES string of the molecule is COCCN(C)C(=O)c1ccc2ccccc2n1. The van der Waals surface area contributed by atoms with E-state index in [4.69, 9.17) is 4.74 Å². The molecule has 0 spiro atoms. The quantitative estimate of drug-likeness (QED) is 0.825. The number of aromatic nitrogens is 1. The molecule has 0 radical (unpaired) electrons. The Morgan fingerprint density at radius 3 is 2.83 bits per heavy atom. The molecule has 0 aliphatic rings. The molecule has 1 aromatic carbocycles. The highest BCUT2D eigenvalue weighted by Gasteiger charge is 2.12. The minimum Gasteiger partial charge on any atom is -0.383 e. The van der Waals surface area contributed by atoms with Crippen molar-refractivity contribution >= 4 is 16.8 Å². The Morgan fingerprint density at radius 1 is 1.28 bits per heavy atom. The molecule has 4 heteroatoms. The van der Waals surface area contributed by atoms with Crippen LogP contribution in [0, 0.1) is 0 Å². The Kier molecular flexibility index (Phi) is 3.89. The lowest BCUT2D eigenvalue weighted by Crippen LogP contribution is -2.30. The van der Waals surface area contributed by atoms with E-state index >= 15 is 0 Å². The van der Waals surface area contributed by atoms with E-state index in [9.17, 15) is 4.79 Å². The average Bonchev–Trinajstić information content (AvgIpc) is 2.43. The van der Waals surface area contributed by atoms with Gasteiger partial charge in [-0.25, -0.2) is 4.98 Å². The van der Waals surface area contributed by atoms with Crippen molar-refractivity contribution in [2.75, 3.05) is 27.3 Å². The van der Waals surface area contributed by atoms with E-state index in [1.54, 1.807) is 25.1 Å². The second-order valence-corrected chi connectivity index (χ2v) is 4.11. The third-order valence-corrected chi connectivity index (χ3v) is 2.80. The maximum absolute atomic E-state index is 12.1. The zero-order chi connectivity index (χ0) is 13.0. The molecule has 1 aromatic heterocycles. The van der Waals surface area contributed by atoms with Crippen LogP contribution in [0.5, 0.6) is 0 Å². The molecule has 0 atom stereocenters. The van der Waals surface area contributed by atoms with Crippen molar-refractivity contribution in [3.63, 3.8) is 0 Å². The Morgan fingerprint density at radius 2 is 2.06 bits per heavy atom. The van der Waals surface area contributed by atoms with Gasteiger partial charge in [-0.3, -0.25) is 4.79 Å². The summed E-state index contributed by atoms with van der Waals surface area (Å²) in [5.41, 5.74) is 1.30. The van der Waals surface area contributed by atoms with Gasteiger partial charge in [0.2, 0.25) is 0 Å². The van der Waals surface area contributed by atoms with E-state index in [1.165, 1.54) is 0 Å². The summed E-state index contributed by atoms with van der Waals surface area (Å²) >= 11 is 0. The number of hydrogen-bond acceptors (Lipinski definition) is 3. The zero-order valence-corrected chi connectivity index (χ0v) is 10.6. The van der Waals surface area contributed by atoms with Crippen molar-refractivity contribution in [3.05, 3.63) is 42.1 Å². The van der Waals surface area contributed by atoms with Crippen molar-refractivity contribution in [2.24, 2.45) is 0 Å². The van der Waals surface area contributed by atoms with E-state index in [-0.39, 0.29) is 5.91 Å².